The van der Waals surface area contributed by atoms with Gasteiger partial charge in [0.2, 0.25) is 5.91 Å². The number of carbonyl (C=O) groups excluding carboxylic acids is 1. The summed E-state index contributed by atoms with van der Waals surface area (Å²) < 4.78 is 7.14. The minimum absolute atomic E-state index is 0.191. The fraction of sp³-hybridized carbons (Fsp3) is 0.238. The smallest absolute Gasteiger partial charge is 0.294 e. The highest BCUT2D eigenvalue weighted by Gasteiger charge is 2.19. The largest absolute Gasteiger partial charge is 0.467 e. The summed E-state index contributed by atoms with van der Waals surface area (Å²) in [6.07, 6.45) is 1.54. The van der Waals surface area contributed by atoms with Gasteiger partial charge in [-0.05, 0) is 38.5 Å². The van der Waals surface area contributed by atoms with Gasteiger partial charge in [0.15, 0.2) is 5.52 Å². The average molecular weight is 408 g/mol. The zero-order valence-corrected chi connectivity index (χ0v) is 17.2. The lowest BCUT2D eigenvalue weighted by atomic mass is 10.0. The predicted molar refractivity (Wildman–Crippen MR) is 112 cm³/mol. The Morgan fingerprint density at radius 2 is 2.07 bits per heavy atom. The highest BCUT2D eigenvalue weighted by molar-refractivity contribution is 7.19. The van der Waals surface area contributed by atoms with Gasteiger partial charge in [0.05, 0.1) is 22.5 Å². The van der Waals surface area contributed by atoms with E-state index in [1.807, 2.05) is 32.9 Å². The lowest BCUT2D eigenvalue weighted by molar-refractivity contribution is -0.122. The molecule has 0 atom stereocenters. The summed E-state index contributed by atoms with van der Waals surface area (Å²) in [6, 6.07) is 9.60. The van der Waals surface area contributed by atoms with Gasteiger partial charge in [0.25, 0.3) is 5.56 Å². The molecule has 0 aliphatic rings. The maximum absolute atomic E-state index is 12.9. The highest BCUT2D eigenvalue weighted by atomic mass is 32.1. The fourth-order valence-corrected chi connectivity index (χ4v) is 4.13. The van der Waals surface area contributed by atoms with Crippen molar-refractivity contribution in [3.8, 4) is 11.3 Å². The summed E-state index contributed by atoms with van der Waals surface area (Å²) in [5.41, 5.74) is 3.77. The zero-order chi connectivity index (χ0) is 20.5. The quantitative estimate of drug-likeness (QED) is 0.547. The number of aryl methyl sites for hydroxylation is 3. The van der Waals surface area contributed by atoms with Crippen molar-refractivity contribution in [3.05, 3.63) is 68.8 Å². The molecule has 4 rings (SSSR count). The van der Waals surface area contributed by atoms with Crippen LogP contribution in [0.25, 0.3) is 21.5 Å². The van der Waals surface area contributed by atoms with E-state index in [0.717, 1.165) is 26.4 Å². The number of nitrogens with zero attached hydrogens (tertiary/aromatic N) is 3. The second-order valence-electron chi connectivity index (χ2n) is 6.90. The van der Waals surface area contributed by atoms with Gasteiger partial charge in [-0.2, -0.15) is 5.10 Å². The molecule has 0 aliphatic carbocycles. The van der Waals surface area contributed by atoms with Crippen molar-refractivity contribution in [2.45, 2.75) is 33.9 Å². The third kappa shape index (κ3) is 3.84. The minimum atomic E-state index is -0.369. The second-order valence-corrected chi connectivity index (χ2v) is 8.10. The lowest BCUT2D eigenvalue weighted by Crippen LogP contribution is -2.33. The Labute approximate surface area is 171 Å². The molecule has 29 heavy (non-hydrogen) atoms. The molecule has 8 heteroatoms. The van der Waals surface area contributed by atoms with E-state index in [9.17, 15) is 9.59 Å². The Morgan fingerprint density at radius 1 is 1.24 bits per heavy atom. The normalized spacial score (nSPS) is 11.1. The number of nitrogens with one attached hydrogen (secondary N) is 1. The van der Waals surface area contributed by atoms with Crippen molar-refractivity contribution >= 4 is 27.5 Å². The standard InChI is InChI=1S/C21H20N4O3S/c1-12-6-7-16(13(2)9-12)18-20-19(23-14(3)29-20)21(27)25(24-18)11-17(26)22-10-15-5-4-8-28-15/h4-9H,10-11H2,1-3H3,(H,22,26). The Balaban J connectivity index is 1.73. The number of furan rings is 1. The predicted octanol–water partition coefficient (Wildman–Crippen LogP) is 3.35. The van der Waals surface area contributed by atoms with Gasteiger partial charge in [-0.3, -0.25) is 9.59 Å². The molecule has 3 heterocycles. The van der Waals surface area contributed by atoms with Crippen LogP contribution in [0.1, 0.15) is 21.9 Å². The lowest BCUT2D eigenvalue weighted by Gasteiger charge is -2.11. The first-order chi connectivity index (χ1) is 13.9. The number of carbonyl (C=O) groups is 1. The van der Waals surface area contributed by atoms with Gasteiger partial charge in [0.1, 0.15) is 18.0 Å². The second kappa shape index (κ2) is 7.63. The van der Waals surface area contributed by atoms with Crippen LogP contribution in [-0.4, -0.2) is 20.7 Å². The molecule has 0 saturated carbocycles. The molecular formula is C21H20N4O3S. The monoisotopic (exact) mass is 408 g/mol. The van der Waals surface area contributed by atoms with Crippen molar-refractivity contribution in [1.82, 2.24) is 20.1 Å². The first-order valence-electron chi connectivity index (χ1n) is 9.17. The number of hydrogen-bond acceptors (Lipinski definition) is 6. The number of aromatic nitrogens is 3. The SMILES string of the molecule is Cc1ccc(-c2nn(CC(=O)NCc3ccco3)c(=O)c3nc(C)sc23)c(C)c1. The van der Waals surface area contributed by atoms with E-state index in [2.05, 4.69) is 21.5 Å². The number of rotatable bonds is 5. The van der Waals surface area contributed by atoms with Gasteiger partial charge >= 0.3 is 0 Å². The van der Waals surface area contributed by atoms with Crippen molar-refractivity contribution in [2.75, 3.05) is 0 Å². The van der Waals surface area contributed by atoms with Gasteiger partial charge in [0, 0.05) is 5.56 Å². The van der Waals surface area contributed by atoms with E-state index in [-0.39, 0.29) is 24.6 Å². The van der Waals surface area contributed by atoms with Gasteiger partial charge in [-0.1, -0.05) is 23.8 Å². The van der Waals surface area contributed by atoms with E-state index in [0.29, 0.717) is 17.0 Å². The van der Waals surface area contributed by atoms with Gasteiger partial charge in [-0.15, -0.1) is 11.3 Å². The first-order valence-corrected chi connectivity index (χ1v) is 9.99. The molecular weight excluding hydrogens is 388 g/mol. The maximum Gasteiger partial charge on any atom is 0.294 e. The molecule has 0 radical (unpaired) electrons. The minimum Gasteiger partial charge on any atom is -0.467 e. The Kier molecular flexibility index (Phi) is 5.02. The van der Waals surface area contributed by atoms with Crippen LogP contribution in [0.4, 0.5) is 0 Å². The number of benzene rings is 1. The van der Waals surface area contributed by atoms with Crippen molar-refractivity contribution in [2.24, 2.45) is 0 Å². The van der Waals surface area contributed by atoms with E-state index in [4.69, 9.17) is 4.42 Å². The number of fused-ring (bicyclic) bond motifs is 1. The first kappa shape index (κ1) is 19.1. The van der Waals surface area contributed by atoms with Crippen LogP contribution in [0, 0.1) is 20.8 Å². The Morgan fingerprint density at radius 3 is 2.79 bits per heavy atom. The molecule has 0 fully saturated rings. The summed E-state index contributed by atoms with van der Waals surface area (Å²) in [4.78, 5) is 29.7. The summed E-state index contributed by atoms with van der Waals surface area (Å²) in [5, 5.41) is 8.07. The molecule has 3 aromatic heterocycles. The van der Waals surface area contributed by atoms with Crippen molar-refractivity contribution in [1.29, 1.82) is 0 Å². The molecule has 0 saturated heterocycles. The summed E-state index contributed by atoms with van der Waals surface area (Å²) in [7, 11) is 0. The molecule has 0 spiro atoms. The Bertz CT molecular complexity index is 1260. The van der Waals surface area contributed by atoms with E-state index in [1.54, 1.807) is 18.4 Å². The van der Waals surface area contributed by atoms with E-state index < -0.39 is 0 Å². The average Bonchev–Trinajstić information content (AvgIpc) is 3.32. The molecule has 1 amide bonds. The van der Waals surface area contributed by atoms with Crippen LogP contribution in [-0.2, 0) is 17.9 Å². The van der Waals surface area contributed by atoms with Crippen LogP contribution < -0.4 is 10.9 Å². The van der Waals surface area contributed by atoms with Crippen LogP contribution in [0.5, 0.6) is 0 Å². The topological polar surface area (TPSA) is 90.0 Å². The van der Waals surface area contributed by atoms with Crippen LogP contribution in [0.2, 0.25) is 0 Å². The molecule has 0 unspecified atom stereocenters. The number of hydrogen-bond donors (Lipinski definition) is 1. The van der Waals surface area contributed by atoms with Crippen molar-refractivity contribution in [3.63, 3.8) is 0 Å². The Hall–Kier alpha value is -3.26. The molecule has 0 bridgehead atoms. The zero-order valence-electron chi connectivity index (χ0n) is 16.4. The molecule has 7 nitrogen and oxygen atoms in total. The van der Waals surface area contributed by atoms with E-state index >= 15 is 0 Å². The summed E-state index contributed by atoms with van der Waals surface area (Å²) in [5.74, 6) is 0.314. The molecule has 148 valence electrons. The van der Waals surface area contributed by atoms with E-state index in [1.165, 1.54) is 16.0 Å². The summed E-state index contributed by atoms with van der Waals surface area (Å²) >= 11 is 1.44. The highest BCUT2D eigenvalue weighted by Crippen LogP contribution is 2.31. The summed E-state index contributed by atoms with van der Waals surface area (Å²) in [6.45, 7) is 5.96. The van der Waals surface area contributed by atoms with Crippen LogP contribution in [0.3, 0.4) is 0 Å². The number of amides is 1. The molecule has 0 aliphatic heterocycles. The third-order valence-corrected chi connectivity index (χ3v) is 5.55. The van der Waals surface area contributed by atoms with Crippen LogP contribution in [0.15, 0.2) is 45.8 Å². The molecule has 4 aromatic rings. The van der Waals surface area contributed by atoms with Gasteiger partial charge in [-0.25, -0.2) is 9.67 Å². The van der Waals surface area contributed by atoms with Crippen LogP contribution >= 0.6 is 11.3 Å². The number of thiazole rings is 1. The van der Waals surface area contributed by atoms with Gasteiger partial charge < -0.3 is 9.73 Å². The fourth-order valence-electron chi connectivity index (χ4n) is 3.22. The maximum atomic E-state index is 12.9. The van der Waals surface area contributed by atoms with Crippen molar-refractivity contribution < 1.29 is 9.21 Å². The molecule has 1 aromatic carbocycles. The molecule has 1 N–H and O–H groups in total. The third-order valence-electron chi connectivity index (χ3n) is 4.58.